The zero-order valence-electron chi connectivity index (χ0n) is 7.60. The molecule has 1 aliphatic rings. The monoisotopic (exact) mass is 157 g/mol. The van der Waals surface area contributed by atoms with Crippen molar-refractivity contribution >= 4 is 0 Å². The first-order chi connectivity index (χ1) is 5.29. The minimum Gasteiger partial charge on any atom is -0.299 e. The topological polar surface area (TPSA) is 21.3 Å². The van der Waals surface area contributed by atoms with Crippen molar-refractivity contribution in [3.05, 3.63) is 0 Å². The van der Waals surface area contributed by atoms with Crippen molar-refractivity contribution in [2.45, 2.75) is 58.1 Å². The van der Waals surface area contributed by atoms with Crippen molar-refractivity contribution in [1.29, 1.82) is 0 Å². The molecule has 0 atom stereocenters. The summed E-state index contributed by atoms with van der Waals surface area (Å²) in [4.78, 5) is 5.33. The first-order valence-electron chi connectivity index (χ1n) is 4.70. The van der Waals surface area contributed by atoms with E-state index in [-0.39, 0.29) is 0 Å². The summed E-state index contributed by atoms with van der Waals surface area (Å²) in [5.74, 6) is 0. The Balaban J connectivity index is 2.05. The van der Waals surface area contributed by atoms with Gasteiger partial charge in [-0.3, -0.25) is 4.84 Å². The standard InChI is InChI=1S/C9H19NO/c1-8(2)11-10-9-6-4-3-5-7-9/h8-10H,3-7H2,1-2H3. The highest BCUT2D eigenvalue weighted by Crippen LogP contribution is 2.17. The van der Waals surface area contributed by atoms with Crippen LogP contribution in [0, 0.1) is 0 Å². The first kappa shape index (κ1) is 9.01. The molecule has 11 heavy (non-hydrogen) atoms. The molecule has 0 radical (unpaired) electrons. The van der Waals surface area contributed by atoms with Crippen LogP contribution in [0.4, 0.5) is 0 Å². The summed E-state index contributed by atoms with van der Waals surface area (Å²) >= 11 is 0. The van der Waals surface area contributed by atoms with Gasteiger partial charge in [0, 0.05) is 6.04 Å². The van der Waals surface area contributed by atoms with Crippen LogP contribution in [-0.4, -0.2) is 12.1 Å². The molecule has 1 rings (SSSR count). The quantitative estimate of drug-likeness (QED) is 0.634. The van der Waals surface area contributed by atoms with E-state index in [9.17, 15) is 0 Å². The molecule has 0 saturated heterocycles. The lowest BCUT2D eigenvalue weighted by Crippen LogP contribution is -2.33. The second-order valence-corrected chi connectivity index (χ2v) is 3.62. The summed E-state index contributed by atoms with van der Waals surface area (Å²) in [7, 11) is 0. The van der Waals surface area contributed by atoms with Gasteiger partial charge in [-0.15, -0.1) is 0 Å². The normalized spacial score (nSPS) is 21.0. The molecule has 0 amide bonds. The fraction of sp³-hybridized carbons (Fsp3) is 1.00. The van der Waals surface area contributed by atoms with Crippen LogP contribution in [0.25, 0.3) is 0 Å². The third kappa shape index (κ3) is 3.73. The summed E-state index contributed by atoms with van der Waals surface area (Å²) in [5.41, 5.74) is 3.12. The van der Waals surface area contributed by atoms with Gasteiger partial charge in [0.25, 0.3) is 0 Å². The highest BCUT2D eigenvalue weighted by Gasteiger charge is 2.12. The molecule has 2 heteroatoms. The number of hydrogen-bond acceptors (Lipinski definition) is 2. The van der Waals surface area contributed by atoms with Crippen molar-refractivity contribution in [1.82, 2.24) is 5.48 Å². The van der Waals surface area contributed by atoms with E-state index in [0.29, 0.717) is 12.1 Å². The Bertz CT molecular complexity index is 97.7. The van der Waals surface area contributed by atoms with Gasteiger partial charge in [0.05, 0.1) is 6.10 Å². The third-order valence-electron chi connectivity index (χ3n) is 2.08. The van der Waals surface area contributed by atoms with Gasteiger partial charge in [0.1, 0.15) is 0 Å². The van der Waals surface area contributed by atoms with Gasteiger partial charge in [0.2, 0.25) is 0 Å². The SMILES string of the molecule is CC(C)ONC1CCCCC1. The van der Waals surface area contributed by atoms with E-state index in [4.69, 9.17) is 4.84 Å². The molecular formula is C9H19NO. The van der Waals surface area contributed by atoms with E-state index in [2.05, 4.69) is 19.3 Å². The molecule has 0 spiro atoms. The molecular weight excluding hydrogens is 138 g/mol. The van der Waals surface area contributed by atoms with Crippen molar-refractivity contribution in [3.8, 4) is 0 Å². The summed E-state index contributed by atoms with van der Waals surface area (Å²) in [6.07, 6.45) is 6.99. The highest BCUT2D eigenvalue weighted by molar-refractivity contribution is 4.68. The summed E-state index contributed by atoms with van der Waals surface area (Å²) in [6.45, 7) is 4.10. The zero-order valence-corrected chi connectivity index (χ0v) is 7.60. The molecule has 2 nitrogen and oxygen atoms in total. The molecule has 66 valence electrons. The average Bonchev–Trinajstić information content (AvgIpc) is 2.03. The maximum Gasteiger partial charge on any atom is 0.0734 e. The van der Waals surface area contributed by atoms with Crippen LogP contribution in [0.15, 0.2) is 0 Å². The van der Waals surface area contributed by atoms with Gasteiger partial charge in [-0.05, 0) is 26.7 Å². The van der Waals surface area contributed by atoms with Crippen molar-refractivity contribution in [2.75, 3.05) is 0 Å². The van der Waals surface area contributed by atoms with E-state index >= 15 is 0 Å². The Morgan fingerprint density at radius 3 is 2.36 bits per heavy atom. The molecule has 0 heterocycles. The van der Waals surface area contributed by atoms with Crippen LogP contribution in [-0.2, 0) is 4.84 Å². The molecule has 1 aliphatic carbocycles. The van der Waals surface area contributed by atoms with Crippen molar-refractivity contribution in [2.24, 2.45) is 0 Å². The predicted octanol–water partition coefficient (Wildman–Crippen LogP) is 2.25. The number of nitrogens with one attached hydrogen (secondary N) is 1. The molecule has 1 fully saturated rings. The number of rotatable bonds is 3. The van der Waals surface area contributed by atoms with Crippen LogP contribution in [0.3, 0.4) is 0 Å². The first-order valence-corrected chi connectivity index (χ1v) is 4.70. The summed E-state index contributed by atoms with van der Waals surface area (Å²) < 4.78 is 0. The van der Waals surface area contributed by atoms with Gasteiger partial charge >= 0.3 is 0 Å². The summed E-state index contributed by atoms with van der Waals surface area (Å²) in [5, 5.41) is 0. The molecule has 0 bridgehead atoms. The maximum atomic E-state index is 5.33. The third-order valence-corrected chi connectivity index (χ3v) is 2.08. The van der Waals surface area contributed by atoms with Crippen LogP contribution in [0.5, 0.6) is 0 Å². The van der Waals surface area contributed by atoms with Gasteiger partial charge in [0.15, 0.2) is 0 Å². The van der Waals surface area contributed by atoms with E-state index in [1.807, 2.05) is 0 Å². The maximum absolute atomic E-state index is 5.33. The Morgan fingerprint density at radius 1 is 1.18 bits per heavy atom. The van der Waals surface area contributed by atoms with E-state index in [1.165, 1.54) is 32.1 Å². The second-order valence-electron chi connectivity index (χ2n) is 3.62. The van der Waals surface area contributed by atoms with Crippen molar-refractivity contribution < 1.29 is 4.84 Å². The van der Waals surface area contributed by atoms with Gasteiger partial charge < -0.3 is 0 Å². The second kappa shape index (κ2) is 4.73. The number of hydrogen-bond donors (Lipinski definition) is 1. The van der Waals surface area contributed by atoms with Crippen LogP contribution in [0.1, 0.15) is 46.0 Å². The fourth-order valence-electron chi connectivity index (χ4n) is 1.45. The minimum absolute atomic E-state index is 0.303. The van der Waals surface area contributed by atoms with Crippen LogP contribution in [0.2, 0.25) is 0 Å². The van der Waals surface area contributed by atoms with Crippen LogP contribution < -0.4 is 5.48 Å². The largest absolute Gasteiger partial charge is 0.299 e. The molecule has 0 unspecified atom stereocenters. The molecule has 0 aliphatic heterocycles. The smallest absolute Gasteiger partial charge is 0.0734 e. The van der Waals surface area contributed by atoms with Crippen molar-refractivity contribution in [3.63, 3.8) is 0 Å². The molecule has 1 saturated carbocycles. The van der Waals surface area contributed by atoms with Gasteiger partial charge in [-0.25, -0.2) is 0 Å². The Morgan fingerprint density at radius 2 is 1.82 bits per heavy atom. The van der Waals surface area contributed by atoms with E-state index in [1.54, 1.807) is 0 Å². The lowest BCUT2D eigenvalue weighted by molar-refractivity contribution is -0.0324. The molecule has 1 N–H and O–H groups in total. The average molecular weight is 157 g/mol. The molecule has 0 aromatic carbocycles. The lowest BCUT2D eigenvalue weighted by atomic mass is 9.96. The Hall–Kier alpha value is -0.0800. The highest BCUT2D eigenvalue weighted by atomic mass is 16.7. The van der Waals surface area contributed by atoms with E-state index in [0.717, 1.165) is 0 Å². The summed E-state index contributed by atoms with van der Waals surface area (Å²) in [6, 6.07) is 0.617. The van der Waals surface area contributed by atoms with Gasteiger partial charge in [-0.2, -0.15) is 5.48 Å². The Kier molecular flexibility index (Phi) is 3.87. The van der Waals surface area contributed by atoms with E-state index < -0.39 is 0 Å². The van der Waals surface area contributed by atoms with Crippen LogP contribution >= 0.6 is 0 Å². The lowest BCUT2D eigenvalue weighted by Gasteiger charge is -2.23. The minimum atomic E-state index is 0.303. The predicted molar refractivity (Wildman–Crippen MR) is 46.2 cm³/mol. The fourth-order valence-corrected chi connectivity index (χ4v) is 1.45. The van der Waals surface area contributed by atoms with Gasteiger partial charge in [-0.1, -0.05) is 19.3 Å². The Labute approximate surface area is 69.3 Å². The zero-order chi connectivity index (χ0) is 8.10. The molecule has 0 aromatic rings. The number of hydroxylamine groups is 1. The molecule has 0 aromatic heterocycles.